The number of ether oxygens (including phenoxy) is 1. The van der Waals surface area contributed by atoms with Crippen molar-refractivity contribution in [1.29, 1.82) is 0 Å². The standard InChI is InChI=1S/C19H22N4O3S/c1-11(2)10-20-12(3)17-14(9-16(24)26-4)22-23(18(17)25)19-21-13-7-5-6-8-15(13)27-19/h5-8,11,22H,9-10H2,1-4H3. The average molecular weight is 386 g/mol. The number of aromatic amines is 1. The SMILES string of the molecule is COC(=O)Cc1[nH]n(-c2nc3ccccc3s2)c(=O)c1C(C)=NCC(C)C. The topological polar surface area (TPSA) is 89.3 Å². The Bertz CT molecular complexity index is 1030. The molecule has 0 unspecified atom stereocenters. The van der Waals surface area contributed by atoms with Crippen molar-refractivity contribution in [2.24, 2.45) is 10.9 Å². The number of carbonyl (C=O) groups excluding carboxylic acids is 1. The predicted molar refractivity (Wildman–Crippen MR) is 107 cm³/mol. The van der Waals surface area contributed by atoms with E-state index in [2.05, 4.69) is 28.9 Å². The third-order valence-corrected chi connectivity index (χ3v) is 5.07. The molecule has 27 heavy (non-hydrogen) atoms. The van der Waals surface area contributed by atoms with Gasteiger partial charge in [0.15, 0.2) is 0 Å². The van der Waals surface area contributed by atoms with Crippen LogP contribution < -0.4 is 5.56 Å². The fourth-order valence-electron chi connectivity index (χ4n) is 2.69. The lowest BCUT2D eigenvalue weighted by atomic mass is 10.1. The van der Waals surface area contributed by atoms with Crippen LogP contribution in [0.15, 0.2) is 34.1 Å². The highest BCUT2D eigenvalue weighted by Crippen LogP contribution is 2.24. The van der Waals surface area contributed by atoms with Gasteiger partial charge in [-0.3, -0.25) is 19.7 Å². The third kappa shape index (κ3) is 4.00. The number of aliphatic imine (C=N–C) groups is 1. The molecule has 0 bridgehead atoms. The Kier molecular flexibility index (Phi) is 5.55. The molecule has 0 fully saturated rings. The van der Waals surface area contributed by atoms with Crippen LogP contribution >= 0.6 is 11.3 Å². The number of carbonyl (C=O) groups is 1. The zero-order valence-corrected chi connectivity index (χ0v) is 16.6. The number of thiazole rings is 1. The number of rotatable bonds is 6. The number of nitrogens with zero attached hydrogens (tertiary/aromatic N) is 3. The zero-order chi connectivity index (χ0) is 19.6. The molecule has 0 radical (unpaired) electrons. The number of nitrogens with one attached hydrogen (secondary N) is 1. The summed E-state index contributed by atoms with van der Waals surface area (Å²) < 4.78 is 7.13. The molecule has 1 aromatic carbocycles. The molecule has 0 aliphatic carbocycles. The highest BCUT2D eigenvalue weighted by Gasteiger charge is 2.21. The fraction of sp³-hybridized carbons (Fsp3) is 0.368. The summed E-state index contributed by atoms with van der Waals surface area (Å²) in [5.41, 5.74) is 2.04. The minimum Gasteiger partial charge on any atom is -0.469 e. The summed E-state index contributed by atoms with van der Waals surface area (Å²) in [4.78, 5) is 33.9. The molecule has 0 saturated carbocycles. The number of para-hydroxylation sites is 1. The van der Waals surface area contributed by atoms with Crippen LogP contribution in [0.25, 0.3) is 15.3 Å². The second-order valence-electron chi connectivity index (χ2n) is 6.64. The van der Waals surface area contributed by atoms with E-state index in [4.69, 9.17) is 4.74 Å². The number of esters is 1. The van der Waals surface area contributed by atoms with Crippen molar-refractivity contribution in [3.05, 3.63) is 45.9 Å². The molecule has 2 heterocycles. The lowest BCUT2D eigenvalue weighted by molar-refractivity contribution is -0.139. The lowest BCUT2D eigenvalue weighted by Crippen LogP contribution is -2.20. The van der Waals surface area contributed by atoms with Gasteiger partial charge in [-0.2, -0.15) is 4.68 Å². The minimum absolute atomic E-state index is 0.0342. The molecular weight excluding hydrogens is 364 g/mol. The maximum absolute atomic E-state index is 13.1. The maximum atomic E-state index is 13.1. The Morgan fingerprint density at radius 2 is 2.11 bits per heavy atom. The Morgan fingerprint density at radius 1 is 1.37 bits per heavy atom. The van der Waals surface area contributed by atoms with Gasteiger partial charge in [-0.15, -0.1) is 0 Å². The second-order valence-corrected chi connectivity index (χ2v) is 7.65. The van der Waals surface area contributed by atoms with Crippen LogP contribution in [0, 0.1) is 5.92 Å². The predicted octanol–water partition coefficient (Wildman–Crippen LogP) is 2.96. The number of methoxy groups -OCH3 is 1. The van der Waals surface area contributed by atoms with Gasteiger partial charge in [-0.05, 0) is 25.0 Å². The largest absolute Gasteiger partial charge is 0.469 e. The summed E-state index contributed by atoms with van der Waals surface area (Å²) in [5.74, 6) is -0.0555. The number of hydrogen-bond acceptors (Lipinski definition) is 6. The van der Waals surface area contributed by atoms with Gasteiger partial charge >= 0.3 is 5.97 Å². The van der Waals surface area contributed by atoms with Crippen molar-refractivity contribution in [1.82, 2.24) is 14.8 Å². The van der Waals surface area contributed by atoms with E-state index in [0.717, 1.165) is 10.2 Å². The van der Waals surface area contributed by atoms with Gasteiger partial charge in [0.2, 0.25) is 5.13 Å². The molecule has 142 valence electrons. The maximum Gasteiger partial charge on any atom is 0.311 e. The van der Waals surface area contributed by atoms with E-state index in [0.29, 0.717) is 34.6 Å². The highest BCUT2D eigenvalue weighted by atomic mass is 32.1. The smallest absolute Gasteiger partial charge is 0.311 e. The van der Waals surface area contributed by atoms with Gasteiger partial charge in [0.1, 0.15) is 0 Å². The number of benzene rings is 1. The molecule has 7 nitrogen and oxygen atoms in total. The van der Waals surface area contributed by atoms with Crippen LogP contribution in [-0.2, 0) is 16.0 Å². The van der Waals surface area contributed by atoms with E-state index in [-0.39, 0.29) is 12.0 Å². The zero-order valence-electron chi connectivity index (χ0n) is 15.8. The molecule has 0 saturated heterocycles. The summed E-state index contributed by atoms with van der Waals surface area (Å²) in [6.45, 7) is 6.51. The molecule has 0 amide bonds. The lowest BCUT2D eigenvalue weighted by Gasteiger charge is -2.03. The van der Waals surface area contributed by atoms with Crippen molar-refractivity contribution in [3.63, 3.8) is 0 Å². The summed E-state index contributed by atoms with van der Waals surface area (Å²) in [6, 6.07) is 7.68. The van der Waals surface area contributed by atoms with Gasteiger partial charge in [0.05, 0.1) is 35.0 Å². The Morgan fingerprint density at radius 3 is 2.78 bits per heavy atom. The first-order valence-electron chi connectivity index (χ1n) is 8.68. The number of H-pyrrole nitrogens is 1. The summed E-state index contributed by atoms with van der Waals surface area (Å²) in [5, 5.41) is 3.55. The van der Waals surface area contributed by atoms with Gasteiger partial charge in [-0.25, -0.2) is 4.98 Å². The third-order valence-electron chi connectivity index (χ3n) is 4.04. The van der Waals surface area contributed by atoms with Crippen molar-refractivity contribution in [2.45, 2.75) is 27.2 Å². The van der Waals surface area contributed by atoms with Gasteiger partial charge in [-0.1, -0.05) is 37.3 Å². The van der Waals surface area contributed by atoms with Crippen molar-refractivity contribution >= 4 is 33.2 Å². The molecule has 1 N–H and O–H groups in total. The first-order valence-corrected chi connectivity index (χ1v) is 9.50. The van der Waals surface area contributed by atoms with E-state index in [9.17, 15) is 9.59 Å². The molecule has 8 heteroatoms. The van der Waals surface area contributed by atoms with Crippen LogP contribution in [0.3, 0.4) is 0 Å². The summed E-state index contributed by atoms with van der Waals surface area (Å²) in [7, 11) is 1.32. The van der Waals surface area contributed by atoms with Gasteiger partial charge < -0.3 is 4.74 Å². The first-order chi connectivity index (χ1) is 12.9. The number of aromatic nitrogens is 3. The number of hydrogen-bond donors (Lipinski definition) is 1. The molecular formula is C19H22N4O3S. The van der Waals surface area contributed by atoms with Crippen LogP contribution in [0.4, 0.5) is 0 Å². The van der Waals surface area contributed by atoms with Crippen molar-refractivity contribution < 1.29 is 9.53 Å². The van der Waals surface area contributed by atoms with Crippen LogP contribution in [0.2, 0.25) is 0 Å². The average Bonchev–Trinajstić information content (AvgIpc) is 3.20. The molecule has 2 aromatic heterocycles. The summed E-state index contributed by atoms with van der Waals surface area (Å²) >= 11 is 1.41. The first kappa shape index (κ1) is 19.0. The van der Waals surface area contributed by atoms with Gasteiger partial charge in [0.25, 0.3) is 5.56 Å². The quantitative estimate of drug-likeness (QED) is 0.521. The summed E-state index contributed by atoms with van der Waals surface area (Å²) in [6.07, 6.45) is -0.0342. The van der Waals surface area contributed by atoms with E-state index in [1.54, 1.807) is 6.92 Å². The van der Waals surface area contributed by atoms with E-state index < -0.39 is 5.97 Å². The van der Waals surface area contributed by atoms with Crippen molar-refractivity contribution in [2.75, 3.05) is 13.7 Å². The molecule has 0 spiro atoms. The van der Waals surface area contributed by atoms with Crippen LogP contribution in [0.1, 0.15) is 32.0 Å². The Balaban J connectivity index is 2.12. The molecule has 0 aliphatic rings. The normalized spacial score (nSPS) is 12.1. The van der Waals surface area contributed by atoms with E-state index >= 15 is 0 Å². The van der Waals surface area contributed by atoms with Crippen LogP contribution in [0.5, 0.6) is 0 Å². The molecule has 3 rings (SSSR count). The van der Waals surface area contributed by atoms with Crippen molar-refractivity contribution in [3.8, 4) is 5.13 Å². The second kappa shape index (κ2) is 7.87. The fourth-order valence-corrected chi connectivity index (χ4v) is 3.61. The monoisotopic (exact) mass is 386 g/mol. The molecule has 3 aromatic rings. The Labute approximate surface area is 160 Å². The number of fused-ring (bicyclic) bond motifs is 1. The molecule has 0 atom stereocenters. The van der Waals surface area contributed by atoms with E-state index in [1.807, 2.05) is 24.3 Å². The van der Waals surface area contributed by atoms with E-state index in [1.165, 1.54) is 23.1 Å². The Hall–Kier alpha value is -2.74. The van der Waals surface area contributed by atoms with Crippen LogP contribution in [-0.4, -0.2) is 40.1 Å². The highest BCUT2D eigenvalue weighted by molar-refractivity contribution is 7.20. The van der Waals surface area contributed by atoms with Gasteiger partial charge in [0, 0.05) is 12.3 Å². The molecule has 0 aliphatic heterocycles. The minimum atomic E-state index is -0.425.